The Morgan fingerprint density at radius 2 is 2.15 bits per heavy atom. The number of fused-ring (bicyclic) bond motifs is 1. The van der Waals surface area contributed by atoms with Crippen LogP contribution in [0.1, 0.15) is 17.3 Å². The van der Waals surface area contributed by atoms with Crippen molar-refractivity contribution in [1.82, 2.24) is 20.2 Å². The highest BCUT2D eigenvalue weighted by Gasteiger charge is 2.25. The maximum atomic E-state index is 12.7. The molecule has 20 heavy (non-hydrogen) atoms. The summed E-state index contributed by atoms with van der Waals surface area (Å²) in [7, 11) is 0. The van der Waals surface area contributed by atoms with Gasteiger partial charge in [0.2, 0.25) is 0 Å². The zero-order valence-electron chi connectivity index (χ0n) is 11.2. The molecule has 106 valence electrons. The van der Waals surface area contributed by atoms with Gasteiger partial charge in [-0.05, 0) is 19.1 Å². The summed E-state index contributed by atoms with van der Waals surface area (Å²) >= 11 is 0. The molecular formula is C14H17ClN4O. The average molecular weight is 293 g/mol. The van der Waals surface area contributed by atoms with Gasteiger partial charge < -0.3 is 10.2 Å². The van der Waals surface area contributed by atoms with Crippen molar-refractivity contribution in [3.63, 3.8) is 0 Å². The number of piperazine rings is 1. The number of hydrogen-bond donors (Lipinski definition) is 1. The van der Waals surface area contributed by atoms with Gasteiger partial charge in [0.1, 0.15) is 5.52 Å². The van der Waals surface area contributed by atoms with Crippen molar-refractivity contribution in [3.05, 3.63) is 36.2 Å². The SMILES string of the molecule is C[C@@H]1CNCCN1C(=O)c1cccc2nccnc12.Cl. The van der Waals surface area contributed by atoms with Gasteiger partial charge in [-0.15, -0.1) is 12.4 Å². The normalized spacial score (nSPS) is 18.6. The quantitative estimate of drug-likeness (QED) is 0.865. The van der Waals surface area contributed by atoms with Gasteiger partial charge >= 0.3 is 0 Å². The number of rotatable bonds is 1. The number of benzene rings is 1. The molecule has 1 saturated heterocycles. The zero-order chi connectivity index (χ0) is 13.2. The molecule has 0 unspecified atom stereocenters. The minimum Gasteiger partial charge on any atom is -0.333 e. The van der Waals surface area contributed by atoms with Crippen LogP contribution in [0.4, 0.5) is 0 Å². The number of hydrogen-bond acceptors (Lipinski definition) is 4. The maximum Gasteiger partial charge on any atom is 0.256 e. The number of para-hydroxylation sites is 1. The number of carbonyl (C=O) groups is 1. The van der Waals surface area contributed by atoms with Crippen LogP contribution in [0.2, 0.25) is 0 Å². The van der Waals surface area contributed by atoms with Crippen molar-refractivity contribution in [1.29, 1.82) is 0 Å². The van der Waals surface area contributed by atoms with Gasteiger partial charge in [-0.2, -0.15) is 0 Å². The van der Waals surface area contributed by atoms with Crippen molar-refractivity contribution < 1.29 is 4.79 Å². The molecule has 1 aromatic heterocycles. The van der Waals surface area contributed by atoms with Crippen LogP contribution in [0.5, 0.6) is 0 Å². The highest BCUT2D eigenvalue weighted by atomic mass is 35.5. The van der Waals surface area contributed by atoms with E-state index in [1.165, 1.54) is 0 Å². The monoisotopic (exact) mass is 292 g/mol. The third-order valence-corrected chi connectivity index (χ3v) is 3.49. The molecule has 3 rings (SSSR count). The molecular weight excluding hydrogens is 276 g/mol. The van der Waals surface area contributed by atoms with Crippen molar-refractivity contribution in [3.8, 4) is 0 Å². The molecule has 1 amide bonds. The molecule has 0 aliphatic carbocycles. The number of aromatic nitrogens is 2. The highest BCUT2D eigenvalue weighted by Crippen LogP contribution is 2.17. The van der Waals surface area contributed by atoms with E-state index in [1.807, 2.05) is 23.1 Å². The van der Waals surface area contributed by atoms with Crippen LogP contribution in [0.3, 0.4) is 0 Å². The predicted octanol–water partition coefficient (Wildman–Crippen LogP) is 1.49. The Kier molecular flexibility index (Phi) is 4.52. The molecule has 1 aliphatic rings. The molecule has 5 nitrogen and oxygen atoms in total. The first kappa shape index (κ1) is 14.7. The number of amides is 1. The summed E-state index contributed by atoms with van der Waals surface area (Å²) in [5.74, 6) is 0.0418. The Balaban J connectivity index is 0.00000147. The standard InChI is InChI=1S/C14H16N4O.ClH/c1-10-9-15-7-8-18(10)14(19)11-3-2-4-12-13(11)17-6-5-16-12;/h2-6,10,15H,7-9H2,1H3;1H/t10-;/m1./s1. The molecule has 2 aromatic rings. The van der Waals surface area contributed by atoms with Crippen LogP contribution >= 0.6 is 12.4 Å². The maximum absolute atomic E-state index is 12.7. The Bertz CT molecular complexity index is 614. The van der Waals surface area contributed by atoms with Crippen LogP contribution in [0.15, 0.2) is 30.6 Å². The Morgan fingerprint density at radius 1 is 1.35 bits per heavy atom. The van der Waals surface area contributed by atoms with Gasteiger partial charge in [0.15, 0.2) is 0 Å². The van der Waals surface area contributed by atoms with Crippen LogP contribution < -0.4 is 5.32 Å². The molecule has 1 fully saturated rings. The number of nitrogens with one attached hydrogen (secondary N) is 1. The van der Waals surface area contributed by atoms with Crippen molar-refractivity contribution in [2.24, 2.45) is 0 Å². The second-order valence-corrected chi connectivity index (χ2v) is 4.78. The van der Waals surface area contributed by atoms with Crippen molar-refractivity contribution >= 4 is 29.3 Å². The van der Waals surface area contributed by atoms with Gasteiger partial charge in [-0.25, -0.2) is 0 Å². The van der Waals surface area contributed by atoms with E-state index in [1.54, 1.807) is 12.4 Å². The second kappa shape index (κ2) is 6.15. The summed E-state index contributed by atoms with van der Waals surface area (Å²) in [6, 6.07) is 5.76. The first-order valence-corrected chi connectivity index (χ1v) is 6.49. The van der Waals surface area contributed by atoms with E-state index in [0.717, 1.165) is 25.2 Å². The number of halogens is 1. The molecule has 0 bridgehead atoms. The fourth-order valence-corrected chi connectivity index (χ4v) is 2.46. The van der Waals surface area contributed by atoms with E-state index in [2.05, 4.69) is 22.2 Å². The van der Waals surface area contributed by atoms with Crippen LogP contribution in [-0.2, 0) is 0 Å². The summed E-state index contributed by atoms with van der Waals surface area (Å²) in [5.41, 5.74) is 2.08. The summed E-state index contributed by atoms with van der Waals surface area (Å²) in [6.45, 7) is 4.46. The first-order valence-electron chi connectivity index (χ1n) is 6.49. The molecule has 0 radical (unpaired) electrons. The molecule has 1 aliphatic heterocycles. The lowest BCUT2D eigenvalue weighted by molar-refractivity contribution is 0.0657. The van der Waals surface area contributed by atoms with Crippen LogP contribution in [0, 0.1) is 0 Å². The molecule has 0 saturated carbocycles. The van der Waals surface area contributed by atoms with Gasteiger partial charge in [0.25, 0.3) is 5.91 Å². The third kappa shape index (κ3) is 2.59. The van der Waals surface area contributed by atoms with Gasteiger partial charge in [0.05, 0.1) is 11.1 Å². The average Bonchev–Trinajstić information content (AvgIpc) is 2.46. The highest BCUT2D eigenvalue weighted by molar-refractivity contribution is 6.04. The van der Waals surface area contributed by atoms with E-state index < -0.39 is 0 Å². The summed E-state index contributed by atoms with van der Waals surface area (Å²) in [4.78, 5) is 23.1. The Morgan fingerprint density at radius 3 is 2.95 bits per heavy atom. The molecule has 1 atom stereocenters. The molecule has 0 spiro atoms. The van der Waals surface area contributed by atoms with E-state index in [-0.39, 0.29) is 24.4 Å². The fraction of sp³-hybridized carbons (Fsp3) is 0.357. The molecule has 6 heteroatoms. The molecule has 1 N–H and O–H groups in total. The van der Waals surface area contributed by atoms with E-state index >= 15 is 0 Å². The largest absolute Gasteiger partial charge is 0.333 e. The topological polar surface area (TPSA) is 58.1 Å². The van der Waals surface area contributed by atoms with Gasteiger partial charge in [-0.3, -0.25) is 14.8 Å². The number of carbonyl (C=O) groups excluding carboxylic acids is 1. The fourth-order valence-electron chi connectivity index (χ4n) is 2.46. The number of nitrogens with zero attached hydrogens (tertiary/aromatic N) is 3. The molecule has 2 heterocycles. The van der Waals surface area contributed by atoms with Crippen molar-refractivity contribution in [2.45, 2.75) is 13.0 Å². The Hall–Kier alpha value is -1.72. The minimum atomic E-state index is 0. The minimum absolute atomic E-state index is 0. The third-order valence-electron chi connectivity index (χ3n) is 3.49. The van der Waals surface area contributed by atoms with Gasteiger partial charge in [0, 0.05) is 38.1 Å². The summed E-state index contributed by atoms with van der Waals surface area (Å²) in [6.07, 6.45) is 3.27. The second-order valence-electron chi connectivity index (χ2n) is 4.78. The van der Waals surface area contributed by atoms with Crippen LogP contribution in [-0.4, -0.2) is 46.5 Å². The summed E-state index contributed by atoms with van der Waals surface area (Å²) in [5, 5.41) is 3.29. The lowest BCUT2D eigenvalue weighted by Crippen LogP contribution is -2.52. The first-order chi connectivity index (χ1) is 9.27. The lowest BCUT2D eigenvalue weighted by atomic mass is 10.1. The predicted molar refractivity (Wildman–Crippen MR) is 80.2 cm³/mol. The van der Waals surface area contributed by atoms with E-state index in [9.17, 15) is 4.79 Å². The van der Waals surface area contributed by atoms with Crippen molar-refractivity contribution in [2.75, 3.05) is 19.6 Å². The smallest absolute Gasteiger partial charge is 0.256 e. The molecule has 1 aromatic carbocycles. The van der Waals surface area contributed by atoms with E-state index in [0.29, 0.717) is 11.1 Å². The van der Waals surface area contributed by atoms with E-state index in [4.69, 9.17) is 0 Å². The summed E-state index contributed by atoms with van der Waals surface area (Å²) < 4.78 is 0. The van der Waals surface area contributed by atoms with Crippen LogP contribution in [0.25, 0.3) is 11.0 Å². The zero-order valence-corrected chi connectivity index (χ0v) is 12.1. The van der Waals surface area contributed by atoms with Gasteiger partial charge in [-0.1, -0.05) is 6.07 Å². The lowest BCUT2D eigenvalue weighted by Gasteiger charge is -2.34. The Labute approximate surface area is 123 Å².